The molecule has 0 amide bonds. The summed E-state index contributed by atoms with van der Waals surface area (Å²) in [4.78, 5) is 4.86. The average Bonchev–Trinajstić information content (AvgIpc) is 3.15. The smallest absolute Gasteiger partial charge is 0.137 e. The van der Waals surface area contributed by atoms with Crippen LogP contribution in [0.1, 0.15) is 34.6 Å². The van der Waals surface area contributed by atoms with Crippen LogP contribution in [0.25, 0.3) is 0 Å². The summed E-state index contributed by atoms with van der Waals surface area (Å²) >= 11 is 0. The van der Waals surface area contributed by atoms with Crippen molar-refractivity contribution in [2.24, 2.45) is 5.92 Å². The van der Waals surface area contributed by atoms with E-state index in [1.165, 1.54) is 30.6 Å². The summed E-state index contributed by atoms with van der Waals surface area (Å²) in [6.07, 6.45) is 2.09. The molecule has 0 unspecified atom stereocenters. The fraction of sp³-hybridized carbons (Fsp3) is 0.571. The van der Waals surface area contributed by atoms with Gasteiger partial charge in [0.15, 0.2) is 0 Å². The van der Waals surface area contributed by atoms with Gasteiger partial charge in [0.05, 0.1) is 12.8 Å². The van der Waals surface area contributed by atoms with Crippen molar-refractivity contribution >= 4 is 0 Å². The Hall–Kier alpha value is -1.85. The first-order valence-electron chi connectivity index (χ1n) is 9.41. The zero-order valence-electron chi connectivity index (χ0n) is 16.7. The first-order chi connectivity index (χ1) is 12.5. The largest absolute Gasteiger partial charge is 0.496 e. The van der Waals surface area contributed by atoms with Gasteiger partial charge in [-0.05, 0) is 64.0 Å². The van der Waals surface area contributed by atoms with Gasteiger partial charge in [-0.25, -0.2) is 0 Å². The molecule has 142 valence electrons. The highest BCUT2D eigenvalue weighted by Crippen LogP contribution is 2.26. The van der Waals surface area contributed by atoms with Crippen molar-refractivity contribution in [2.75, 3.05) is 40.8 Å². The van der Waals surface area contributed by atoms with Crippen molar-refractivity contribution in [3.63, 3.8) is 0 Å². The quantitative estimate of drug-likeness (QED) is 0.761. The van der Waals surface area contributed by atoms with E-state index in [1.807, 2.05) is 13.8 Å². The Kier molecular flexibility index (Phi) is 5.99. The van der Waals surface area contributed by atoms with Crippen LogP contribution in [-0.4, -0.2) is 55.8 Å². The summed E-state index contributed by atoms with van der Waals surface area (Å²) in [5, 5.41) is 4.07. The number of methoxy groups -OCH3 is 1. The van der Waals surface area contributed by atoms with Gasteiger partial charge in [-0.3, -0.25) is 0 Å². The lowest BCUT2D eigenvalue weighted by molar-refractivity contribution is 0.267. The fourth-order valence-electron chi connectivity index (χ4n) is 4.01. The first-order valence-corrected chi connectivity index (χ1v) is 9.41. The summed E-state index contributed by atoms with van der Waals surface area (Å²) in [5.41, 5.74) is 4.62. The molecule has 1 fully saturated rings. The van der Waals surface area contributed by atoms with Crippen LogP contribution < -0.4 is 4.74 Å². The lowest BCUT2D eigenvalue weighted by Gasteiger charge is -2.21. The molecule has 0 aliphatic carbocycles. The summed E-state index contributed by atoms with van der Waals surface area (Å²) < 4.78 is 10.9. The summed E-state index contributed by atoms with van der Waals surface area (Å²) in [5.74, 6) is 2.59. The maximum absolute atomic E-state index is 5.58. The van der Waals surface area contributed by atoms with E-state index in [1.54, 1.807) is 7.11 Å². The van der Waals surface area contributed by atoms with Crippen molar-refractivity contribution in [3.8, 4) is 5.75 Å². The van der Waals surface area contributed by atoms with Crippen LogP contribution in [0.2, 0.25) is 0 Å². The topological polar surface area (TPSA) is 41.7 Å². The number of nitrogens with zero attached hydrogens (tertiary/aromatic N) is 3. The second-order valence-electron chi connectivity index (χ2n) is 7.74. The summed E-state index contributed by atoms with van der Waals surface area (Å²) in [6, 6.07) is 6.52. The van der Waals surface area contributed by atoms with Crippen LogP contribution in [0.5, 0.6) is 5.75 Å². The molecule has 1 atom stereocenters. The predicted molar refractivity (Wildman–Crippen MR) is 104 cm³/mol. The second-order valence-corrected chi connectivity index (χ2v) is 7.74. The van der Waals surface area contributed by atoms with Crippen LogP contribution in [-0.2, 0) is 13.0 Å². The van der Waals surface area contributed by atoms with Gasteiger partial charge < -0.3 is 19.1 Å². The molecule has 0 radical (unpaired) electrons. The van der Waals surface area contributed by atoms with Gasteiger partial charge in [0.1, 0.15) is 11.5 Å². The van der Waals surface area contributed by atoms with Crippen molar-refractivity contribution in [1.82, 2.24) is 15.0 Å². The maximum atomic E-state index is 5.58. The number of likely N-dealkylation sites (tertiary alicyclic amines) is 1. The molecule has 2 aromatic rings. The van der Waals surface area contributed by atoms with E-state index in [2.05, 4.69) is 47.3 Å². The minimum absolute atomic E-state index is 0.782. The number of hydrogen-bond acceptors (Lipinski definition) is 5. The highest BCUT2D eigenvalue weighted by Gasteiger charge is 2.21. The lowest BCUT2D eigenvalue weighted by atomic mass is 10.00. The van der Waals surface area contributed by atoms with Gasteiger partial charge >= 0.3 is 0 Å². The molecule has 2 heterocycles. The van der Waals surface area contributed by atoms with E-state index in [4.69, 9.17) is 9.26 Å². The van der Waals surface area contributed by atoms with Crippen LogP contribution in [0.15, 0.2) is 22.7 Å². The maximum Gasteiger partial charge on any atom is 0.137 e. The van der Waals surface area contributed by atoms with Crippen molar-refractivity contribution < 1.29 is 9.26 Å². The first kappa shape index (κ1) is 18.9. The van der Waals surface area contributed by atoms with E-state index in [-0.39, 0.29) is 0 Å². The van der Waals surface area contributed by atoms with Gasteiger partial charge in [-0.15, -0.1) is 0 Å². The number of rotatable bonds is 7. The summed E-state index contributed by atoms with van der Waals surface area (Å²) in [6.45, 7) is 8.51. The monoisotopic (exact) mass is 357 g/mol. The molecule has 5 nitrogen and oxygen atoms in total. The number of benzene rings is 1. The van der Waals surface area contributed by atoms with E-state index < -0.39 is 0 Å². The molecule has 1 aromatic carbocycles. The molecule has 1 saturated heterocycles. The highest BCUT2D eigenvalue weighted by molar-refractivity contribution is 5.41. The average molecular weight is 357 g/mol. The molecule has 3 rings (SSSR count). The van der Waals surface area contributed by atoms with Crippen LogP contribution in [0, 0.1) is 19.8 Å². The number of aromatic nitrogens is 1. The third-order valence-electron chi connectivity index (χ3n) is 5.40. The highest BCUT2D eigenvalue weighted by atomic mass is 16.5. The molecule has 1 aliphatic heterocycles. The van der Waals surface area contributed by atoms with Crippen LogP contribution in [0.3, 0.4) is 0 Å². The van der Waals surface area contributed by atoms with Gasteiger partial charge in [0.25, 0.3) is 0 Å². The molecular weight excluding hydrogens is 326 g/mol. The van der Waals surface area contributed by atoms with E-state index >= 15 is 0 Å². The fourth-order valence-corrected chi connectivity index (χ4v) is 4.01. The Morgan fingerprint density at radius 3 is 2.77 bits per heavy atom. The van der Waals surface area contributed by atoms with Crippen LogP contribution >= 0.6 is 0 Å². The molecule has 1 aliphatic rings. The molecule has 0 bridgehead atoms. The molecule has 5 heteroatoms. The van der Waals surface area contributed by atoms with Crippen molar-refractivity contribution in [1.29, 1.82) is 0 Å². The zero-order valence-corrected chi connectivity index (χ0v) is 16.7. The van der Waals surface area contributed by atoms with Crippen molar-refractivity contribution in [3.05, 3.63) is 46.3 Å². The lowest BCUT2D eigenvalue weighted by Crippen LogP contribution is -2.27. The van der Waals surface area contributed by atoms with E-state index in [0.717, 1.165) is 48.2 Å². The minimum Gasteiger partial charge on any atom is -0.496 e. The van der Waals surface area contributed by atoms with Gasteiger partial charge in [-0.1, -0.05) is 17.3 Å². The summed E-state index contributed by atoms with van der Waals surface area (Å²) in [7, 11) is 6.16. The zero-order chi connectivity index (χ0) is 18.7. The van der Waals surface area contributed by atoms with Gasteiger partial charge in [0, 0.05) is 31.6 Å². The molecule has 0 spiro atoms. The third kappa shape index (κ3) is 4.46. The Morgan fingerprint density at radius 1 is 1.35 bits per heavy atom. The molecule has 26 heavy (non-hydrogen) atoms. The van der Waals surface area contributed by atoms with Gasteiger partial charge in [-0.2, -0.15) is 0 Å². The molecule has 1 aromatic heterocycles. The predicted octanol–water partition coefficient (Wildman–Crippen LogP) is 3.27. The minimum atomic E-state index is 0.782. The second kappa shape index (κ2) is 8.23. The number of hydrogen-bond donors (Lipinski definition) is 0. The Bertz CT molecular complexity index is 721. The number of ether oxygens (including phenoxy) is 1. The molecular formula is C21H31N3O2. The Morgan fingerprint density at radius 2 is 2.15 bits per heavy atom. The Balaban J connectivity index is 1.70. The Labute approximate surface area is 156 Å². The SMILES string of the molecule is COc1ccc(CN(C)C[C@@H]2CCN(C)C2)cc1Cc1c(C)noc1C. The molecule has 0 saturated carbocycles. The van der Waals surface area contributed by atoms with Crippen molar-refractivity contribution in [2.45, 2.75) is 33.2 Å². The molecule has 0 N–H and O–H groups in total. The third-order valence-corrected chi connectivity index (χ3v) is 5.40. The van der Waals surface area contributed by atoms with E-state index in [9.17, 15) is 0 Å². The van der Waals surface area contributed by atoms with E-state index in [0.29, 0.717) is 0 Å². The van der Waals surface area contributed by atoms with Gasteiger partial charge in [0.2, 0.25) is 0 Å². The number of aryl methyl sites for hydroxylation is 2. The normalized spacial score (nSPS) is 18.0. The standard InChI is InChI=1S/C21H31N3O2/c1-15-20(16(2)26-22-15)11-19-10-17(6-7-21(19)25-5)12-24(4)14-18-8-9-23(3)13-18/h6-7,10,18H,8-9,11-14H2,1-5H3/t18-/m1/s1. The van der Waals surface area contributed by atoms with Crippen LogP contribution in [0.4, 0.5) is 0 Å².